The van der Waals surface area contributed by atoms with E-state index in [0.29, 0.717) is 0 Å². The molecule has 6 heteroatoms. The van der Waals surface area contributed by atoms with Crippen molar-refractivity contribution in [3.63, 3.8) is 0 Å². The van der Waals surface area contributed by atoms with Gasteiger partial charge in [0.1, 0.15) is 11.3 Å². The SMILES string of the molecule is O=C(O)c1ccc(N2CSCSC2)cc1O. The van der Waals surface area contributed by atoms with E-state index in [4.69, 9.17) is 5.11 Å². The maximum absolute atomic E-state index is 10.7. The highest BCUT2D eigenvalue weighted by Gasteiger charge is 2.15. The Balaban J connectivity index is 2.23. The summed E-state index contributed by atoms with van der Waals surface area (Å²) in [4.78, 5) is 12.8. The number of rotatable bonds is 2. The van der Waals surface area contributed by atoms with Crippen molar-refractivity contribution in [1.29, 1.82) is 0 Å². The molecule has 1 heterocycles. The summed E-state index contributed by atoms with van der Waals surface area (Å²) < 4.78 is 0. The van der Waals surface area contributed by atoms with Gasteiger partial charge in [-0.05, 0) is 12.1 Å². The zero-order valence-electron chi connectivity index (χ0n) is 8.42. The molecule has 1 fully saturated rings. The van der Waals surface area contributed by atoms with Crippen LogP contribution in [0.5, 0.6) is 5.75 Å². The van der Waals surface area contributed by atoms with Gasteiger partial charge in [-0.25, -0.2) is 4.79 Å². The number of benzene rings is 1. The number of anilines is 1. The smallest absolute Gasteiger partial charge is 0.339 e. The highest BCUT2D eigenvalue weighted by Crippen LogP contribution is 2.30. The average molecular weight is 257 g/mol. The first kappa shape index (κ1) is 11.5. The van der Waals surface area contributed by atoms with Crippen molar-refractivity contribution >= 4 is 35.2 Å². The van der Waals surface area contributed by atoms with Crippen molar-refractivity contribution in [2.75, 3.05) is 21.7 Å². The highest BCUT2D eigenvalue weighted by molar-refractivity contribution is 8.16. The molecule has 1 saturated heterocycles. The topological polar surface area (TPSA) is 60.8 Å². The number of aromatic carboxylic acids is 1. The second kappa shape index (κ2) is 4.88. The van der Waals surface area contributed by atoms with Gasteiger partial charge in [0, 0.05) is 16.8 Å². The van der Waals surface area contributed by atoms with Crippen LogP contribution in [-0.2, 0) is 0 Å². The minimum atomic E-state index is -1.11. The molecule has 0 radical (unpaired) electrons. The van der Waals surface area contributed by atoms with Crippen molar-refractivity contribution in [2.45, 2.75) is 0 Å². The fourth-order valence-corrected chi connectivity index (χ4v) is 3.54. The Morgan fingerprint density at radius 3 is 2.56 bits per heavy atom. The van der Waals surface area contributed by atoms with Crippen LogP contribution in [0.15, 0.2) is 18.2 Å². The quantitative estimate of drug-likeness (QED) is 0.847. The van der Waals surface area contributed by atoms with Crippen LogP contribution in [-0.4, -0.2) is 33.0 Å². The molecule has 0 bridgehead atoms. The largest absolute Gasteiger partial charge is 0.507 e. The average Bonchev–Trinajstić information content (AvgIpc) is 2.29. The van der Waals surface area contributed by atoms with Crippen molar-refractivity contribution in [2.24, 2.45) is 0 Å². The maximum atomic E-state index is 10.7. The molecule has 0 spiro atoms. The van der Waals surface area contributed by atoms with Gasteiger partial charge >= 0.3 is 5.97 Å². The van der Waals surface area contributed by atoms with Crippen molar-refractivity contribution in [3.05, 3.63) is 23.8 Å². The molecule has 2 N–H and O–H groups in total. The van der Waals surface area contributed by atoms with Crippen molar-refractivity contribution in [3.8, 4) is 5.75 Å². The van der Waals surface area contributed by atoms with E-state index in [2.05, 4.69) is 4.90 Å². The Morgan fingerprint density at radius 1 is 1.31 bits per heavy atom. The van der Waals surface area contributed by atoms with Gasteiger partial charge in [0.25, 0.3) is 0 Å². The molecule has 0 aliphatic carbocycles. The van der Waals surface area contributed by atoms with Crippen molar-refractivity contribution in [1.82, 2.24) is 0 Å². The van der Waals surface area contributed by atoms with E-state index in [9.17, 15) is 9.90 Å². The minimum Gasteiger partial charge on any atom is -0.507 e. The number of nitrogens with zero attached hydrogens (tertiary/aromatic N) is 1. The standard InChI is InChI=1S/C10H11NO3S2/c12-9-3-7(1-2-8(9)10(13)14)11-4-15-6-16-5-11/h1-3,12H,4-6H2,(H,13,14). The van der Waals surface area contributed by atoms with Gasteiger partial charge in [0.15, 0.2) is 0 Å². The predicted molar refractivity (Wildman–Crippen MR) is 67.3 cm³/mol. The molecule has 0 atom stereocenters. The van der Waals surface area contributed by atoms with Crippen LogP contribution in [0.2, 0.25) is 0 Å². The van der Waals surface area contributed by atoms with E-state index in [-0.39, 0.29) is 11.3 Å². The Bertz CT molecular complexity index is 405. The number of aromatic hydroxyl groups is 1. The Hall–Kier alpha value is -1.01. The molecule has 1 aromatic rings. The Kier molecular flexibility index (Phi) is 3.50. The summed E-state index contributed by atoms with van der Waals surface area (Å²) in [6.07, 6.45) is 0. The van der Waals surface area contributed by atoms with E-state index in [1.54, 1.807) is 29.6 Å². The number of hydrogen-bond acceptors (Lipinski definition) is 5. The number of carboxylic acid groups (broad SMARTS) is 1. The minimum absolute atomic E-state index is 0.0546. The van der Waals surface area contributed by atoms with E-state index in [1.165, 1.54) is 12.1 Å². The second-order valence-electron chi connectivity index (χ2n) is 3.33. The first-order chi connectivity index (χ1) is 7.68. The number of carbonyl (C=O) groups is 1. The molecule has 0 amide bonds. The fourth-order valence-electron chi connectivity index (χ4n) is 1.44. The van der Waals surface area contributed by atoms with Gasteiger partial charge in [-0.3, -0.25) is 0 Å². The first-order valence-corrected chi connectivity index (χ1v) is 6.96. The summed E-state index contributed by atoms with van der Waals surface area (Å²) >= 11 is 3.61. The lowest BCUT2D eigenvalue weighted by atomic mass is 10.2. The molecule has 4 nitrogen and oxygen atoms in total. The fraction of sp³-hybridized carbons (Fsp3) is 0.300. The lowest BCUT2D eigenvalue weighted by Gasteiger charge is -2.28. The molecule has 0 aromatic heterocycles. The van der Waals surface area contributed by atoms with Crippen LogP contribution >= 0.6 is 23.5 Å². The zero-order valence-corrected chi connectivity index (χ0v) is 10.1. The second-order valence-corrected chi connectivity index (χ2v) is 5.61. The van der Waals surface area contributed by atoms with Crippen LogP contribution < -0.4 is 4.90 Å². The number of thioether (sulfide) groups is 2. The summed E-state index contributed by atoms with van der Waals surface area (Å²) in [5, 5.41) is 19.4. The van der Waals surface area contributed by atoms with Gasteiger partial charge in [-0.2, -0.15) is 0 Å². The van der Waals surface area contributed by atoms with Crippen LogP contribution in [0.1, 0.15) is 10.4 Å². The van der Waals surface area contributed by atoms with E-state index < -0.39 is 5.97 Å². The molecule has 86 valence electrons. The Morgan fingerprint density at radius 2 is 2.00 bits per heavy atom. The third-order valence-corrected chi connectivity index (χ3v) is 4.56. The van der Waals surface area contributed by atoms with Gasteiger partial charge in [-0.15, -0.1) is 23.5 Å². The van der Waals surface area contributed by atoms with Gasteiger partial charge in [0.05, 0.1) is 11.8 Å². The summed E-state index contributed by atoms with van der Waals surface area (Å²) in [5.74, 6) is 0.467. The molecule has 1 aliphatic rings. The maximum Gasteiger partial charge on any atom is 0.339 e. The van der Waals surface area contributed by atoms with Gasteiger partial charge in [0.2, 0.25) is 0 Å². The highest BCUT2D eigenvalue weighted by atomic mass is 32.2. The summed E-state index contributed by atoms with van der Waals surface area (Å²) in [5.41, 5.74) is 0.809. The zero-order chi connectivity index (χ0) is 11.5. The van der Waals surface area contributed by atoms with Crippen LogP contribution in [0, 0.1) is 0 Å². The predicted octanol–water partition coefficient (Wildman–Crippen LogP) is 2.25. The molecule has 1 aromatic carbocycles. The van der Waals surface area contributed by atoms with Crippen molar-refractivity contribution < 1.29 is 15.0 Å². The summed E-state index contributed by atoms with van der Waals surface area (Å²) in [6.45, 7) is 0. The van der Waals surface area contributed by atoms with Crippen LogP contribution in [0.25, 0.3) is 0 Å². The molecular formula is C10H11NO3S2. The molecule has 0 unspecified atom stereocenters. The molecule has 2 rings (SSSR count). The van der Waals surface area contributed by atoms with E-state index in [1.807, 2.05) is 0 Å². The van der Waals surface area contributed by atoms with Crippen LogP contribution in [0.3, 0.4) is 0 Å². The lowest BCUT2D eigenvalue weighted by molar-refractivity contribution is 0.0694. The normalized spacial score (nSPS) is 16.1. The molecule has 0 saturated carbocycles. The van der Waals surface area contributed by atoms with Crippen LogP contribution in [0.4, 0.5) is 5.69 Å². The number of carboxylic acids is 1. The third-order valence-electron chi connectivity index (χ3n) is 2.24. The Labute approximate surface area is 102 Å². The first-order valence-electron chi connectivity index (χ1n) is 4.65. The summed E-state index contributed by atoms with van der Waals surface area (Å²) in [7, 11) is 0. The lowest BCUT2D eigenvalue weighted by Crippen LogP contribution is -2.25. The van der Waals surface area contributed by atoms with Gasteiger partial charge < -0.3 is 15.1 Å². The summed E-state index contributed by atoms with van der Waals surface area (Å²) in [6, 6.07) is 4.68. The van der Waals surface area contributed by atoms with E-state index >= 15 is 0 Å². The molecular weight excluding hydrogens is 246 g/mol. The molecule has 1 aliphatic heterocycles. The third kappa shape index (κ3) is 2.38. The number of hydrogen-bond donors (Lipinski definition) is 2. The number of phenols is 1. The van der Waals surface area contributed by atoms with Gasteiger partial charge in [-0.1, -0.05) is 0 Å². The van der Waals surface area contributed by atoms with E-state index in [0.717, 1.165) is 22.5 Å². The molecule has 16 heavy (non-hydrogen) atoms. The monoisotopic (exact) mass is 257 g/mol.